The highest BCUT2D eigenvalue weighted by Gasteiger charge is 2.21. The maximum atomic E-state index is 12.5. The van der Waals surface area contributed by atoms with Crippen LogP contribution in [0.4, 0.5) is 5.69 Å². The number of carbonyl (C=O) groups is 1. The molecule has 3 rings (SSSR count). The minimum atomic E-state index is -0.0386. The van der Waals surface area contributed by atoms with Gasteiger partial charge >= 0.3 is 0 Å². The van der Waals surface area contributed by atoms with Gasteiger partial charge in [0, 0.05) is 24.5 Å². The third-order valence-corrected chi connectivity index (χ3v) is 3.90. The summed E-state index contributed by atoms with van der Waals surface area (Å²) in [6.45, 7) is 1.55. The van der Waals surface area contributed by atoms with E-state index in [4.69, 9.17) is 4.74 Å². The number of nitrogens with one attached hydrogen (secondary N) is 1. The first-order valence-electron chi connectivity index (χ1n) is 7.37. The highest BCUT2D eigenvalue weighted by molar-refractivity contribution is 6.05. The molecule has 0 unspecified atom stereocenters. The van der Waals surface area contributed by atoms with E-state index in [1.807, 2.05) is 48.5 Å². The SMILES string of the molecule is O=C(Nc1ccccc1)c1ccccc1C1CCOCC1. The van der Waals surface area contributed by atoms with Gasteiger partial charge in [-0.25, -0.2) is 0 Å². The third kappa shape index (κ3) is 3.31. The monoisotopic (exact) mass is 281 g/mol. The summed E-state index contributed by atoms with van der Waals surface area (Å²) >= 11 is 0. The quantitative estimate of drug-likeness (QED) is 0.928. The molecule has 0 saturated carbocycles. The van der Waals surface area contributed by atoms with E-state index in [0.717, 1.165) is 42.9 Å². The van der Waals surface area contributed by atoms with Crippen molar-refractivity contribution in [2.24, 2.45) is 0 Å². The van der Waals surface area contributed by atoms with Crippen LogP contribution in [0.1, 0.15) is 34.7 Å². The standard InChI is InChI=1S/C18H19NO2/c20-18(19-15-6-2-1-3-7-15)17-9-5-4-8-16(17)14-10-12-21-13-11-14/h1-9,14H,10-13H2,(H,19,20). The number of amides is 1. The van der Waals surface area contributed by atoms with Crippen molar-refractivity contribution < 1.29 is 9.53 Å². The number of hydrogen-bond donors (Lipinski definition) is 1. The second-order valence-electron chi connectivity index (χ2n) is 5.29. The second-order valence-corrected chi connectivity index (χ2v) is 5.29. The molecule has 1 saturated heterocycles. The Morgan fingerprint density at radius 1 is 0.952 bits per heavy atom. The van der Waals surface area contributed by atoms with E-state index in [-0.39, 0.29) is 5.91 Å². The lowest BCUT2D eigenvalue weighted by Gasteiger charge is -2.24. The molecule has 0 aromatic heterocycles. The van der Waals surface area contributed by atoms with Gasteiger partial charge in [-0.05, 0) is 42.5 Å². The van der Waals surface area contributed by atoms with Crippen LogP contribution in [0.3, 0.4) is 0 Å². The molecule has 1 N–H and O–H groups in total. The lowest BCUT2D eigenvalue weighted by molar-refractivity contribution is 0.0846. The van der Waals surface area contributed by atoms with E-state index in [0.29, 0.717) is 5.92 Å². The van der Waals surface area contributed by atoms with Crippen molar-refractivity contribution in [1.29, 1.82) is 0 Å². The fourth-order valence-electron chi connectivity index (χ4n) is 2.79. The predicted octanol–water partition coefficient (Wildman–Crippen LogP) is 3.83. The van der Waals surface area contributed by atoms with Crippen molar-refractivity contribution in [2.45, 2.75) is 18.8 Å². The number of anilines is 1. The van der Waals surface area contributed by atoms with Gasteiger partial charge in [0.05, 0.1) is 0 Å². The van der Waals surface area contributed by atoms with Crippen LogP contribution in [-0.2, 0) is 4.74 Å². The molecule has 2 aromatic carbocycles. The Kier molecular flexibility index (Phi) is 4.31. The maximum absolute atomic E-state index is 12.5. The summed E-state index contributed by atoms with van der Waals surface area (Å²) in [6, 6.07) is 17.5. The third-order valence-electron chi connectivity index (χ3n) is 3.90. The summed E-state index contributed by atoms with van der Waals surface area (Å²) < 4.78 is 5.42. The van der Waals surface area contributed by atoms with Crippen LogP contribution in [0.2, 0.25) is 0 Å². The van der Waals surface area contributed by atoms with Crippen LogP contribution in [0.25, 0.3) is 0 Å². The highest BCUT2D eigenvalue weighted by atomic mass is 16.5. The zero-order valence-corrected chi connectivity index (χ0v) is 11.9. The second kappa shape index (κ2) is 6.55. The zero-order chi connectivity index (χ0) is 14.5. The molecule has 0 radical (unpaired) electrons. The van der Waals surface area contributed by atoms with Gasteiger partial charge in [0.1, 0.15) is 0 Å². The molecular weight excluding hydrogens is 262 g/mol. The van der Waals surface area contributed by atoms with Gasteiger partial charge in [-0.15, -0.1) is 0 Å². The van der Waals surface area contributed by atoms with Crippen molar-refractivity contribution in [3.63, 3.8) is 0 Å². The Morgan fingerprint density at radius 2 is 1.62 bits per heavy atom. The van der Waals surface area contributed by atoms with E-state index < -0.39 is 0 Å². The predicted molar refractivity (Wildman–Crippen MR) is 83.6 cm³/mol. The van der Waals surface area contributed by atoms with E-state index in [9.17, 15) is 4.79 Å². The van der Waals surface area contributed by atoms with Gasteiger partial charge in [0.25, 0.3) is 5.91 Å². The molecular formula is C18H19NO2. The Labute approximate surface area is 124 Å². The smallest absolute Gasteiger partial charge is 0.255 e. The van der Waals surface area contributed by atoms with Gasteiger partial charge in [-0.2, -0.15) is 0 Å². The molecule has 1 heterocycles. The normalized spacial score (nSPS) is 15.6. The van der Waals surface area contributed by atoms with Crippen molar-refractivity contribution in [2.75, 3.05) is 18.5 Å². The molecule has 1 fully saturated rings. The van der Waals surface area contributed by atoms with Crippen molar-refractivity contribution >= 4 is 11.6 Å². The Balaban J connectivity index is 1.82. The minimum absolute atomic E-state index is 0.0386. The van der Waals surface area contributed by atoms with Crippen LogP contribution < -0.4 is 5.32 Å². The van der Waals surface area contributed by atoms with E-state index in [1.54, 1.807) is 0 Å². The molecule has 0 spiro atoms. The summed E-state index contributed by atoms with van der Waals surface area (Å²) in [5.74, 6) is 0.375. The fourth-order valence-corrected chi connectivity index (χ4v) is 2.79. The molecule has 0 aliphatic carbocycles. The topological polar surface area (TPSA) is 38.3 Å². The molecule has 108 valence electrons. The minimum Gasteiger partial charge on any atom is -0.381 e. The largest absolute Gasteiger partial charge is 0.381 e. The summed E-state index contributed by atoms with van der Waals surface area (Å²) in [6.07, 6.45) is 1.96. The van der Waals surface area contributed by atoms with Crippen molar-refractivity contribution in [3.05, 3.63) is 65.7 Å². The molecule has 1 aliphatic heterocycles. The molecule has 1 aliphatic rings. The number of benzene rings is 2. The Bertz CT molecular complexity index is 604. The fraction of sp³-hybridized carbons (Fsp3) is 0.278. The first kappa shape index (κ1) is 13.8. The van der Waals surface area contributed by atoms with Gasteiger partial charge in [0.2, 0.25) is 0 Å². The number of rotatable bonds is 3. The lowest BCUT2D eigenvalue weighted by Crippen LogP contribution is -2.19. The van der Waals surface area contributed by atoms with Crippen LogP contribution >= 0.6 is 0 Å². The molecule has 3 nitrogen and oxygen atoms in total. The molecule has 1 amide bonds. The van der Waals surface area contributed by atoms with Gasteiger partial charge < -0.3 is 10.1 Å². The van der Waals surface area contributed by atoms with Gasteiger partial charge in [0.15, 0.2) is 0 Å². The summed E-state index contributed by atoms with van der Waals surface area (Å²) in [7, 11) is 0. The van der Waals surface area contributed by atoms with Crippen LogP contribution in [-0.4, -0.2) is 19.1 Å². The Morgan fingerprint density at radius 3 is 2.38 bits per heavy atom. The summed E-state index contributed by atoms with van der Waals surface area (Å²) in [4.78, 5) is 12.5. The number of hydrogen-bond acceptors (Lipinski definition) is 2. The first-order chi connectivity index (χ1) is 10.3. The first-order valence-corrected chi connectivity index (χ1v) is 7.37. The lowest BCUT2D eigenvalue weighted by atomic mass is 9.88. The average molecular weight is 281 g/mol. The van der Waals surface area contributed by atoms with E-state index in [2.05, 4.69) is 11.4 Å². The summed E-state index contributed by atoms with van der Waals surface area (Å²) in [5, 5.41) is 2.97. The maximum Gasteiger partial charge on any atom is 0.255 e. The number of carbonyl (C=O) groups excluding carboxylic acids is 1. The molecule has 3 heteroatoms. The van der Waals surface area contributed by atoms with Crippen LogP contribution in [0.15, 0.2) is 54.6 Å². The molecule has 21 heavy (non-hydrogen) atoms. The summed E-state index contributed by atoms with van der Waals surface area (Å²) in [5.41, 5.74) is 2.73. The van der Waals surface area contributed by atoms with Crippen LogP contribution in [0.5, 0.6) is 0 Å². The van der Waals surface area contributed by atoms with E-state index >= 15 is 0 Å². The zero-order valence-electron chi connectivity index (χ0n) is 11.9. The average Bonchev–Trinajstić information content (AvgIpc) is 2.56. The van der Waals surface area contributed by atoms with Gasteiger partial charge in [-0.3, -0.25) is 4.79 Å². The highest BCUT2D eigenvalue weighted by Crippen LogP contribution is 2.29. The molecule has 2 aromatic rings. The van der Waals surface area contributed by atoms with Crippen LogP contribution in [0, 0.1) is 0 Å². The number of ether oxygens (including phenoxy) is 1. The van der Waals surface area contributed by atoms with Gasteiger partial charge in [-0.1, -0.05) is 36.4 Å². The molecule has 0 atom stereocenters. The van der Waals surface area contributed by atoms with Crippen molar-refractivity contribution in [3.8, 4) is 0 Å². The molecule has 0 bridgehead atoms. The van der Waals surface area contributed by atoms with Crippen molar-refractivity contribution in [1.82, 2.24) is 0 Å². The van der Waals surface area contributed by atoms with E-state index in [1.165, 1.54) is 0 Å². The number of para-hydroxylation sites is 1. The Hall–Kier alpha value is -2.13.